The van der Waals surface area contributed by atoms with E-state index in [0.717, 1.165) is 16.1 Å². The molecule has 0 bridgehead atoms. The second-order valence-electron chi connectivity index (χ2n) is 7.35. The zero-order valence-corrected chi connectivity index (χ0v) is 16.6. The van der Waals surface area contributed by atoms with Gasteiger partial charge in [0, 0.05) is 5.56 Å². The molecule has 2 aromatic carbocycles. The Morgan fingerprint density at radius 1 is 1.00 bits per heavy atom. The van der Waals surface area contributed by atoms with Crippen molar-refractivity contribution in [3.05, 3.63) is 64.7 Å². The number of carboxylic acids is 1. The standard InChI is InChI=1S/C21H24N2O5/c1-13-7-6-8-17(14(13)2)18(24)23(22-20(27)28-21(3,4)5)16-11-9-15(10-12-16)19(25)26/h6-12H,1-5H3,(H,22,27)(H,25,26). The van der Waals surface area contributed by atoms with Crippen molar-refractivity contribution in [3.63, 3.8) is 0 Å². The first kappa shape index (κ1) is 21.0. The molecule has 0 aliphatic carbocycles. The van der Waals surface area contributed by atoms with Crippen LogP contribution in [0.5, 0.6) is 0 Å². The summed E-state index contributed by atoms with van der Waals surface area (Å²) in [4.78, 5) is 36.5. The van der Waals surface area contributed by atoms with Gasteiger partial charge in [-0.05, 0) is 76.1 Å². The van der Waals surface area contributed by atoms with Crippen LogP contribution in [0.4, 0.5) is 10.5 Å². The fourth-order valence-electron chi connectivity index (χ4n) is 2.48. The van der Waals surface area contributed by atoms with Gasteiger partial charge in [-0.2, -0.15) is 0 Å². The fourth-order valence-corrected chi connectivity index (χ4v) is 2.48. The molecule has 2 amide bonds. The van der Waals surface area contributed by atoms with E-state index in [4.69, 9.17) is 9.84 Å². The van der Waals surface area contributed by atoms with E-state index in [9.17, 15) is 14.4 Å². The maximum atomic E-state index is 13.2. The van der Waals surface area contributed by atoms with Crippen molar-refractivity contribution >= 4 is 23.7 Å². The van der Waals surface area contributed by atoms with Crippen LogP contribution < -0.4 is 10.4 Å². The normalized spacial score (nSPS) is 10.9. The van der Waals surface area contributed by atoms with Crippen molar-refractivity contribution in [3.8, 4) is 0 Å². The van der Waals surface area contributed by atoms with Gasteiger partial charge >= 0.3 is 12.1 Å². The van der Waals surface area contributed by atoms with Crippen molar-refractivity contribution in [1.82, 2.24) is 5.43 Å². The number of carbonyl (C=O) groups is 3. The summed E-state index contributed by atoms with van der Waals surface area (Å²) in [6, 6.07) is 10.9. The minimum atomic E-state index is -1.08. The van der Waals surface area contributed by atoms with E-state index in [0.29, 0.717) is 11.3 Å². The molecule has 148 valence electrons. The summed E-state index contributed by atoms with van der Waals surface area (Å²) in [5.41, 5.74) is 4.22. The Labute approximate surface area is 163 Å². The van der Waals surface area contributed by atoms with Crippen LogP contribution in [0.2, 0.25) is 0 Å². The van der Waals surface area contributed by atoms with Crippen LogP contribution in [0.15, 0.2) is 42.5 Å². The molecule has 2 rings (SSSR count). The molecule has 0 fully saturated rings. The number of nitrogens with zero attached hydrogens (tertiary/aromatic N) is 1. The van der Waals surface area contributed by atoms with Crippen molar-refractivity contribution in [2.45, 2.75) is 40.2 Å². The Morgan fingerprint density at radius 2 is 1.61 bits per heavy atom. The number of anilines is 1. The monoisotopic (exact) mass is 384 g/mol. The first-order valence-corrected chi connectivity index (χ1v) is 8.73. The molecule has 28 heavy (non-hydrogen) atoms. The lowest BCUT2D eigenvalue weighted by molar-refractivity contribution is 0.0509. The maximum absolute atomic E-state index is 13.2. The lowest BCUT2D eigenvalue weighted by atomic mass is 10.0. The van der Waals surface area contributed by atoms with E-state index in [1.165, 1.54) is 24.3 Å². The maximum Gasteiger partial charge on any atom is 0.427 e. The third kappa shape index (κ3) is 5.09. The molecular formula is C21H24N2O5. The number of carboxylic acid groups (broad SMARTS) is 1. The van der Waals surface area contributed by atoms with E-state index in [1.54, 1.807) is 32.9 Å². The van der Waals surface area contributed by atoms with Crippen LogP contribution in [-0.2, 0) is 4.74 Å². The third-order valence-electron chi connectivity index (χ3n) is 4.01. The summed E-state index contributed by atoms with van der Waals surface area (Å²) in [7, 11) is 0. The average Bonchev–Trinajstić information content (AvgIpc) is 2.60. The van der Waals surface area contributed by atoms with Gasteiger partial charge in [-0.25, -0.2) is 20.0 Å². The minimum absolute atomic E-state index is 0.0696. The number of hydrazine groups is 1. The van der Waals surface area contributed by atoms with E-state index in [1.807, 2.05) is 19.9 Å². The second-order valence-corrected chi connectivity index (χ2v) is 7.35. The number of carbonyl (C=O) groups excluding carboxylic acids is 2. The van der Waals surface area contributed by atoms with E-state index >= 15 is 0 Å². The molecule has 0 unspecified atom stereocenters. The van der Waals surface area contributed by atoms with Crippen molar-refractivity contribution in [1.29, 1.82) is 0 Å². The molecule has 0 atom stereocenters. The lowest BCUT2D eigenvalue weighted by Gasteiger charge is -2.27. The first-order chi connectivity index (χ1) is 13.0. The zero-order valence-electron chi connectivity index (χ0n) is 16.6. The predicted octanol–water partition coefficient (Wildman–Crippen LogP) is 4.09. The van der Waals surface area contributed by atoms with Gasteiger partial charge in [-0.15, -0.1) is 0 Å². The molecule has 2 N–H and O–H groups in total. The number of hydrogen-bond acceptors (Lipinski definition) is 4. The van der Waals surface area contributed by atoms with Gasteiger partial charge in [0.25, 0.3) is 5.91 Å². The molecular weight excluding hydrogens is 360 g/mol. The quantitative estimate of drug-likeness (QED) is 0.777. The lowest BCUT2D eigenvalue weighted by Crippen LogP contribution is -2.48. The number of nitrogens with one attached hydrogen (secondary N) is 1. The SMILES string of the molecule is Cc1cccc(C(=O)N(NC(=O)OC(C)(C)C)c2ccc(C(=O)O)cc2)c1C. The molecule has 0 aromatic heterocycles. The molecule has 0 saturated heterocycles. The highest BCUT2D eigenvalue weighted by atomic mass is 16.6. The first-order valence-electron chi connectivity index (χ1n) is 8.73. The Morgan fingerprint density at radius 3 is 2.14 bits per heavy atom. The molecule has 0 saturated carbocycles. The molecule has 0 aliphatic heterocycles. The topological polar surface area (TPSA) is 95.9 Å². The minimum Gasteiger partial charge on any atom is -0.478 e. The molecule has 7 nitrogen and oxygen atoms in total. The predicted molar refractivity (Wildman–Crippen MR) is 105 cm³/mol. The Bertz CT molecular complexity index is 898. The summed E-state index contributed by atoms with van der Waals surface area (Å²) in [6.07, 6.45) is -0.798. The third-order valence-corrected chi connectivity index (χ3v) is 4.01. The fraction of sp³-hybridized carbons (Fsp3) is 0.286. The molecule has 0 radical (unpaired) electrons. The number of ether oxygens (including phenoxy) is 1. The number of benzene rings is 2. The highest BCUT2D eigenvalue weighted by Gasteiger charge is 2.25. The van der Waals surface area contributed by atoms with Crippen molar-refractivity contribution in [2.24, 2.45) is 0 Å². The van der Waals surface area contributed by atoms with Crippen LogP contribution in [0.25, 0.3) is 0 Å². The molecule has 0 spiro atoms. The van der Waals surface area contributed by atoms with E-state index < -0.39 is 23.6 Å². The Balaban J connectivity index is 2.43. The van der Waals surface area contributed by atoms with Gasteiger partial charge in [0.05, 0.1) is 11.3 Å². The summed E-state index contributed by atoms with van der Waals surface area (Å²) in [5, 5.41) is 10.1. The largest absolute Gasteiger partial charge is 0.478 e. The van der Waals surface area contributed by atoms with Crippen LogP contribution in [0.3, 0.4) is 0 Å². The zero-order chi connectivity index (χ0) is 21.1. The number of amides is 2. The van der Waals surface area contributed by atoms with Crippen molar-refractivity contribution in [2.75, 3.05) is 5.01 Å². The highest BCUT2D eigenvalue weighted by Crippen LogP contribution is 2.20. The summed E-state index contributed by atoms with van der Waals surface area (Å²) in [6.45, 7) is 8.85. The van der Waals surface area contributed by atoms with E-state index in [-0.39, 0.29) is 5.56 Å². The van der Waals surface area contributed by atoms with Gasteiger partial charge in [-0.1, -0.05) is 12.1 Å². The number of aryl methyl sites for hydroxylation is 1. The second kappa shape index (κ2) is 8.12. The highest BCUT2D eigenvalue weighted by molar-refractivity contribution is 6.08. The molecule has 0 aliphatic rings. The van der Waals surface area contributed by atoms with Crippen LogP contribution in [0, 0.1) is 13.8 Å². The van der Waals surface area contributed by atoms with Gasteiger partial charge in [-0.3, -0.25) is 4.79 Å². The Kier molecular flexibility index (Phi) is 6.08. The van der Waals surface area contributed by atoms with Gasteiger partial charge in [0.1, 0.15) is 5.60 Å². The smallest absolute Gasteiger partial charge is 0.427 e. The summed E-state index contributed by atoms with van der Waals surface area (Å²) < 4.78 is 5.25. The molecule has 7 heteroatoms. The van der Waals surface area contributed by atoms with Crippen LogP contribution in [-0.4, -0.2) is 28.7 Å². The van der Waals surface area contributed by atoms with Gasteiger partial charge < -0.3 is 9.84 Å². The molecule has 0 heterocycles. The Hall–Kier alpha value is -3.35. The summed E-state index contributed by atoms with van der Waals surface area (Å²) in [5.74, 6) is -1.55. The van der Waals surface area contributed by atoms with Crippen molar-refractivity contribution < 1.29 is 24.2 Å². The van der Waals surface area contributed by atoms with Gasteiger partial charge in [0.2, 0.25) is 0 Å². The average molecular weight is 384 g/mol. The number of aromatic carboxylic acids is 1. The number of rotatable bonds is 3. The van der Waals surface area contributed by atoms with Crippen LogP contribution in [0.1, 0.15) is 52.6 Å². The number of hydrogen-bond donors (Lipinski definition) is 2. The van der Waals surface area contributed by atoms with Gasteiger partial charge in [0.15, 0.2) is 0 Å². The van der Waals surface area contributed by atoms with Crippen LogP contribution >= 0.6 is 0 Å². The molecule has 2 aromatic rings. The van der Waals surface area contributed by atoms with E-state index in [2.05, 4.69) is 5.43 Å². The summed E-state index contributed by atoms with van der Waals surface area (Å²) >= 11 is 0.